The predicted molar refractivity (Wildman–Crippen MR) is 483 cm³/mol. The number of phenols is 2. The number of aromatic amines is 3. The van der Waals surface area contributed by atoms with Gasteiger partial charge in [0.25, 0.3) is 0 Å². The van der Waals surface area contributed by atoms with Crippen LogP contribution in [0.1, 0.15) is 154 Å². The van der Waals surface area contributed by atoms with Gasteiger partial charge >= 0.3 is 11.9 Å². The Morgan fingerprint density at radius 2 is 0.856 bits per heavy atom. The number of amides is 14. The Labute approximate surface area is 762 Å². The van der Waals surface area contributed by atoms with Gasteiger partial charge in [-0.3, -0.25) is 71.9 Å². The molecule has 0 radical (unpaired) electrons. The number of hydrogen-bond donors (Lipinski definition) is 23. The van der Waals surface area contributed by atoms with Crippen LogP contribution < -0.4 is 81.0 Å². The zero-order valence-electron chi connectivity index (χ0n) is 75.1. The average molecular weight is 1830 g/mol. The van der Waals surface area contributed by atoms with E-state index < -0.39 is 198 Å². The van der Waals surface area contributed by atoms with Crippen LogP contribution in [0.4, 0.5) is 0 Å². The summed E-state index contributed by atoms with van der Waals surface area (Å²) in [7, 11) is 0. The number of para-hydroxylation sites is 2. The van der Waals surface area contributed by atoms with E-state index in [0.29, 0.717) is 56.2 Å². The third-order valence-electron chi connectivity index (χ3n) is 22.3. The molecular weight excluding hydrogens is 1710 g/mol. The zero-order valence-corrected chi connectivity index (χ0v) is 75.1. The Balaban J connectivity index is 0.990. The van der Waals surface area contributed by atoms with Crippen LogP contribution in [0.5, 0.6) is 11.5 Å². The summed E-state index contributed by atoms with van der Waals surface area (Å²) < 4.78 is 0. The van der Waals surface area contributed by atoms with Gasteiger partial charge in [0.2, 0.25) is 82.7 Å². The number of H-pyrrole nitrogens is 3. The van der Waals surface area contributed by atoms with Crippen molar-refractivity contribution in [1.82, 2.24) is 88.6 Å². The fourth-order valence-electron chi connectivity index (χ4n) is 15.4. The molecule has 1 aliphatic heterocycles. The number of aliphatic hydroxyl groups is 1. The van der Waals surface area contributed by atoms with Gasteiger partial charge in [-0.1, -0.05) is 102 Å². The Kier molecular flexibility index (Phi) is 39.1. The predicted octanol–water partition coefficient (Wildman–Crippen LogP) is -0.0745. The SMILES string of the molecule is CC(C)C[C@H](NC(=O)[C@H](Cc1c[nH]c2ccccc12)NC(=O)[C@H](CC(C)C)NC(=O)[C@H](CCCCN)NC(=O)[C@@H](NC(=O)[C@H](CC(C)C)NC(=O)[C@@H]1CCCN1C(=O)[C@H](CC(=O)O)NC(=O)[C@H](Cc1ccc(O)cc1)NC(=O)[C@H](Cc1c[nH]c2ccccc12)NC(=O)[C@H](Cc1ccc(O)cc1)NC(=O)[C@H](C)N)[C@@H](C)O)C(=O)N[C@@H](Cc1cnc[nH]1)C(=O)N[C@@H](CCC(N)=O)C(=O)O. The Morgan fingerprint density at radius 1 is 0.455 bits per heavy atom. The topological polar surface area (TPSA) is 660 Å². The van der Waals surface area contributed by atoms with Gasteiger partial charge in [-0.15, -0.1) is 0 Å². The van der Waals surface area contributed by atoms with Crippen LogP contribution in [0.25, 0.3) is 21.8 Å². The molecule has 132 heavy (non-hydrogen) atoms. The first kappa shape index (κ1) is 104. The highest BCUT2D eigenvalue weighted by Crippen LogP contribution is 2.26. The van der Waals surface area contributed by atoms with Crippen LogP contribution in [0, 0.1) is 17.8 Å². The van der Waals surface area contributed by atoms with Gasteiger partial charge in [-0.05, 0) is 155 Å². The molecule has 714 valence electrons. The molecule has 26 N–H and O–H groups in total. The number of carboxylic acid groups (broad SMARTS) is 2. The van der Waals surface area contributed by atoms with Gasteiger partial charge in [-0.25, -0.2) is 9.78 Å². The molecule has 7 aromatic rings. The molecule has 3 aromatic heterocycles. The minimum Gasteiger partial charge on any atom is -0.508 e. The number of nitrogens with two attached hydrogens (primary N) is 3. The minimum atomic E-state index is -1.94. The lowest BCUT2D eigenvalue weighted by Gasteiger charge is -2.31. The lowest BCUT2D eigenvalue weighted by molar-refractivity contribution is -0.146. The number of aliphatic hydroxyl groups excluding tert-OH is 1. The van der Waals surface area contributed by atoms with Crippen molar-refractivity contribution in [2.75, 3.05) is 13.1 Å². The van der Waals surface area contributed by atoms with E-state index in [1.165, 1.54) is 74.9 Å². The first-order valence-corrected chi connectivity index (χ1v) is 44.1. The Bertz CT molecular complexity index is 5150. The van der Waals surface area contributed by atoms with Crippen molar-refractivity contribution in [3.05, 3.63) is 150 Å². The Hall–Kier alpha value is -13.8. The highest BCUT2D eigenvalue weighted by molar-refractivity contribution is 6.02. The van der Waals surface area contributed by atoms with Crippen molar-refractivity contribution in [3.63, 3.8) is 0 Å². The molecule has 41 heteroatoms. The molecule has 4 aromatic carbocycles. The number of aromatic hydroxyl groups is 2. The largest absolute Gasteiger partial charge is 0.508 e. The quantitative estimate of drug-likeness (QED) is 0.0222. The maximum absolute atomic E-state index is 15.1. The third-order valence-corrected chi connectivity index (χ3v) is 22.3. The number of carboxylic acids is 2. The number of primary amides is 1. The summed E-state index contributed by atoms with van der Waals surface area (Å²) in [6.45, 7) is 13.0. The molecule has 0 aliphatic carbocycles. The van der Waals surface area contributed by atoms with Gasteiger partial charge in [0.1, 0.15) is 90.0 Å². The highest BCUT2D eigenvalue weighted by Gasteiger charge is 2.43. The maximum Gasteiger partial charge on any atom is 0.326 e. The fourth-order valence-corrected chi connectivity index (χ4v) is 15.4. The number of fused-ring (bicyclic) bond motifs is 2. The zero-order chi connectivity index (χ0) is 96.7. The summed E-state index contributed by atoms with van der Waals surface area (Å²) in [5.74, 6) is -17.4. The number of phenolic OH excluding ortho intramolecular Hbond substituents is 2. The van der Waals surface area contributed by atoms with Gasteiger partial charge in [0.05, 0.1) is 24.9 Å². The van der Waals surface area contributed by atoms with Crippen molar-refractivity contribution in [3.8, 4) is 11.5 Å². The number of carbonyl (C=O) groups is 16. The second-order valence-corrected chi connectivity index (χ2v) is 34.6. The van der Waals surface area contributed by atoms with Crippen molar-refractivity contribution in [1.29, 1.82) is 0 Å². The van der Waals surface area contributed by atoms with E-state index in [0.717, 1.165) is 4.90 Å². The number of unbranched alkanes of at least 4 members (excludes halogenated alkanes) is 1. The summed E-state index contributed by atoms with van der Waals surface area (Å²) >= 11 is 0. The van der Waals surface area contributed by atoms with E-state index in [-0.39, 0.29) is 126 Å². The molecule has 1 saturated heterocycles. The van der Waals surface area contributed by atoms with Crippen molar-refractivity contribution >= 4 is 116 Å². The van der Waals surface area contributed by atoms with Crippen LogP contribution in [-0.4, -0.2) is 249 Å². The molecule has 4 heterocycles. The number of rotatable bonds is 52. The smallest absolute Gasteiger partial charge is 0.326 e. The number of benzene rings is 4. The molecule has 8 rings (SSSR count). The molecule has 0 unspecified atom stereocenters. The van der Waals surface area contributed by atoms with Gasteiger partial charge in [-0.2, -0.15) is 0 Å². The summed E-state index contributed by atoms with van der Waals surface area (Å²) in [5.41, 5.74) is 20.7. The summed E-state index contributed by atoms with van der Waals surface area (Å²) in [6, 6.07) is 4.12. The number of likely N-dealkylation sites (tertiary alicyclic amines) is 1. The second-order valence-electron chi connectivity index (χ2n) is 34.6. The number of carbonyl (C=O) groups excluding carboxylic acids is 14. The summed E-state index contributed by atoms with van der Waals surface area (Å²) in [4.78, 5) is 242. The van der Waals surface area contributed by atoms with E-state index in [9.17, 15) is 78.3 Å². The van der Waals surface area contributed by atoms with E-state index in [1.54, 1.807) is 102 Å². The van der Waals surface area contributed by atoms with E-state index in [4.69, 9.17) is 17.2 Å². The number of aromatic nitrogens is 4. The third kappa shape index (κ3) is 31.5. The van der Waals surface area contributed by atoms with Crippen LogP contribution in [-0.2, 0) is 109 Å². The monoisotopic (exact) mass is 1830 g/mol. The molecule has 0 spiro atoms. The highest BCUT2D eigenvalue weighted by atomic mass is 16.4. The van der Waals surface area contributed by atoms with E-state index >= 15 is 24.0 Å². The maximum atomic E-state index is 15.1. The van der Waals surface area contributed by atoms with Gasteiger partial charge in [0.15, 0.2) is 0 Å². The van der Waals surface area contributed by atoms with Gasteiger partial charge in [0, 0.05) is 91.2 Å². The number of aliphatic carboxylic acids is 2. The lowest BCUT2D eigenvalue weighted by Crippen LogP contribution is -2.62. The van der Waals surface area contributed by atoms with Crippen molar-refractivity contribution in [2.24, 2.45) is 35.0 Å². The standard InChI is InChI=1S/C91H124N20O21/c1-47(2)34-65(80(120)105-70(39-54-43-96-61-18-11-9-16-59(54)61)84(124)103-66(35-48(3)4)81(121)107-72(41-56-45-95-46-98-56)86(126)100-64(91(131)132)30-31-75(94)115)102-79(119)63(20-13-14-32-92)99-89(129)77(51(8)112)110-87(127)67(36-49(5)6)108-88(128)74-21-15-33-111(74)90(130)73(42-76(116)117)109-83(123)69(38-53-24-28-58(114)29-25-53)104-85(125)71(40-55-44-97-62-19-12-10-17-60(55)62)106-82(122)68(101-78(118)50(7)93)37-52-22-26-57(113)27-23-52/h9-12,16-19,22-29,43-51,63-74,77,96-97,112-114H,13-15,20-21,30-42,92-93H2,1-8H3,(H2,94,115)(H,95,98)(H,99,129)(H,100,126)(H,101,118)(H,102,119)(H,103,124)(H,104,125)(H,105,120)(H,106,122)(H,107,121)(H,108,128)(H,109,123)(H,110,127)(H,116,117)(H,131,132)/t50-,51+,63-,64-,65-,66-,67-,68-,69-,70-,71-,72-,73-,74-,77-/m0/s1. The van der Waals surface area contributed by atoms with Crippen LogP contribution in [0.3, 0.4) is 0 Å². The van der Waals surface area contributed by atoms with E-state index in [1.807, 2.05) is 0 Å². The molecule has 41 nitrogen and oxygen atoms in total. The molecule has 0 saturated carbocycles. The number of nitrogens with zero attached hydrogens (tertiary/aromatic N) is 2. The molecule has 0 bridgehead atoms. The Morgan fingerprint density at radius 3 is 1.28 bits per heavy atom. The number of nitrogens with one attached hydrogen (secondary N) is 15. The summed E-state index contributed by atoms with van der Waals surface area (Å²) in [5, 5.41) is 85.0. The minimum absolute atomic E-state index is 0.0342. The average Bonchev–Trinajstić information content (AvgIpc) is 1.65. The molecule has 1 aliphatic rings. The molecule has 1 fully saturated rings. The van der Waals surface area contributed by atoms with Gasteiger partial charge < -0.3 is 126 Å². The normalized spacial score (nSPS) is 15.8. The fraction of sp³-hybridized carbons (Fsp3) is 0.484. The molecule has 15 atom stereocenters. The van der Waals surface area contributed by atoms with Crippen LogP contribution in [0.15, 0.2) is 122 Å². The van der Waals surface area contributed by atoms with Crippen LogP contribution >= 0.6 is 0 Å². The first-order chi connectivity index (χ1) is 62.6. The molecular formula is C91H124N20O21. The number of imidazole rings is 1. The molecule has 14 amide bonds. The van der Waals surface area contributed by atoms with Crippen molar-refractivity contribution in [2.45, 2.75) is 249 Å². The lowest BCUT2D eigenvalue weighted by atomic mass is 9.98. The second kappa shape index (κ2) is 49.8. The van der Waals surface area contributed by atoms with Crippen LogP contribution in [0.2, 0.25) is 0 Å². The van der Waals surface area contributed by atoms with E-state index in [2.05, 4.69) is 83.7 Å². The first-order valence-electron chi connectivity index (χ1n) is 44.1. The summed E-state index contributed by atoms with van der Waals surface area (Å²) in [6.07, 6.45) is 1.53. The number of hydrogen-bond acceptors (Lipinski definition) is 22. The van der Waals surface area contributed by atoms with Crippen molar-refractivity contribution < 1.29 is 102 Å².